The minimum absolute atomic E-state index is 0. The second-order valence-corrected chi connectivity index (χ2v) is 8.28. The van der Waals surface area contributed by atoms with E-state index in [2.05, 4.69) is 31.2 Å². The number of carbonyl (C=O) groups excluding carboxylic acids is 1. The second kappa shape index (κ2) is 13.0. The molecule has 2 rings (SSSR count). The quantitative estimate of drug-likeness (QED) is 0.503. The molecule has 1 aromatic carbocycles. The summed E-state index contributed by atoms with van der Waals surface area (Å²) in [4.78, 5) is 14.3. The van der Waals surface area contributed by atoms with Gasteiger partial charge in [0, 0.05) is 17.7 Å². The molecule has 166 valence electrons. The van der Waals surface area contributed by atoms with E-state index in [1.807, 2.05) is 19.1 Å². The lowest BCUT2D eigenvalue weighted by Crippen LogP contribution is -2.17. The molecule has 0 aromatic heterocycles. The van der Waals surface area contributed by atoms with E-state index in [4.69, 9.17) is 9.47 Å². The summed E-state index contributed by atoms with van der Waals surface area (Å²) in [5.74, 6) is 2.78. The topological polar surface area (TPSA) is 50.8 Å². The maximum absolute atomic E-state index is 12.1. The van der Waals surface area contributed by atoms with E-state index in [1.165, 1.54) is 12.8 Å². The highest BCUT2D eigenvalue weighted by Crippen LogP contribution is 2.46. The third-order valence-electron chi connectivity index (χ3n) is 5.64. The largest absolute Gasteiger partial charge is 0.492 e. The number of benzene rings is 1. The monoisotopic (exact) mass is 426 g/mol. The third-order valence-corrected chi connectivity index (χ3v) is 5.64. The Labute approximate surface area is 182 Å². The molecule has 0 atom stereocenters. The van der Waals surface area contributed by atoms with Crippen molar-refractivity contribution in [1.82, 2.24) is 4.90 Å². The van der Waals surface area contributed by atoms with E-state index in [1.54, 1.807) is 7.11 Å². The van der Waals surface area contributed by atoms with E-state index in [0.29, 0.717) is 18.9 Å². The molecule has 0 spiro atoms. The van der Waals surface area contributed by atoms with Crippen molar-refractivity contribution in [3.05, 3.63) is 17.7 Å². The molecule has 0 radical (unpaired) electrons. The summed E-state index contributed by atoms with van der Waals surface area (Å²) >= 11 is 0. The molecule has 1 aromatic rings. The molecule has 0 heterocycles. The molecule has 1 aliphatic carbocycles. The summed E-state index contributed by atoms with van der Waals surface area (Å²) in [5.41, 5.74) is 1.99. The van der Waals surface area contributed by atoms with Gasteiger partial charge in [0.1, 0.15) is 0 Å². The van der Waals surface area contributed by atoms with Crippen LogP contribution in [0.15, 0.2) is 12.1 Å². The highest BCUT2D eigenvalue weighted by molar-refractivity contribution is 5.92. The van der Waals surface area contributed by atoms with Crippen molar-refractivity contribution in [2.45, 2.75) is 64.7 Å². The fraction of sp³-hybridized carbons (Fsp3) is 0.696. The van der Waals surface area contributed by atoms with E-state index in [0.717, 1.165) is 60.9 Å². The van der Waals surface area contributed by atoms with Crippen molar-refractivity contribution < 1.29 is 14.3 Å². The maximum Gasteiger partial charge on any atom is 0.224 e. The van der Waals surface area contributed by atoms with Crippen LogP contribution in [0.1, 0.15) is 70.3 Å². The van der Waals surface area contributed by atoms with E-state index in [-0.39, 0.29) is 18.3 Å². The van der Waals surface area contributed by atoms with E-state index < -0.39 is 0 Å². The van der Waals surface area contributed by atoms with Crippen LogP contribution in [0.4, 0.5) is 5.69 Å². The molecule has 0 unspecified atom stereocenters. The second-order valence-electron chi connectivity index (χ2n) is 8.28. The Hall–Kier alpha value is -1.46. The van der Waals surface area contributed by atoms with Gasteiger partial charge in [-0.1, -0.05) is 26.7 Å². The van der Waals surface area contributed by atoms with Gasteiger partial charge >= 0.3 is 0 Å². The Morgan fingerprint density at radius 3 is 2.45 bits per heavy atom. The number of nitrogens with zero attached hydrogens (tertiary/aromatic N) is 1. The summed E-state index contributed by atoms with van der Waals surface area (Å²) in [5, 5.41) is 3.08. The Morgan fingerprint density at radius 2 is 1.86 bits per heavy atom. The molecule has 1 fully saturated rings. The normalized spacial score (nSPS) is 18.8. The molecular weight excluding hydrogens is 388 g/mol. The van der Waals surface area contributed by atoms with Gasteiger partial charge in [-0.15, -0.1) is 12.4 Å². The molecule has 1 N–H and O–H groups in total. The number of hydrogen-bond acceptors (Lipinski definition) is 4. The number of unbranched alkanes of at least 4 members (excludes halogenated alkanes) is 1. The molecule has 6 heteroatoms. The third kappa shape index (κ3) is 7.71. The average molecular weight is 427 g/mol. The van der Waals surface area contributed by atoms with Crippen molar-refractivity contribution in [2.24, 2.45) is 5.92 Å². The number of rotatable bonds is 10. The minimum atomic E-state index is 0. The predicted molar refractivity (Wildman–Crippen MR) is 123 cm³/mol. The van der Waals surface area contributed by atoms with Gasteiger partial charge in [-0.05, 0) is 70.3 Å². The van der Waals surface area contributed by atoms with Crippen LogP contribution < -0.4 is 14.8 Å². The first kappa shape index (κ1) is 25.6. The number of carbonyl (C=O) groups is 1. The zero-order valence-electron chi connectivity index (χ0n) is 18.8. The first-order valence-electron chi connectivity index (χ1n) is 10.7. The van der Waals surface area contributed by atoms with Crippen molar-refractivity contribution in [3.63, 3.8) is 0 Å². The van der Waals surface area contributed by atoms with Gasteiger partial charge in [-0.3, -0.25) is 4.79 Å². The molecule has 0 saturated heterocycles. The first-order chi connectivity index (χ1) is 13.5. The maximum atomic E-state index is 12.1. The van der Waals surface area contributed by atoms with Crippen LogP contribution in [0.25, 0.3) is 0 Å². The van der Waals surface area contributed by atoms with Crippen LogP contribution in [0.5, 0.6) is 11.5 Å². The summed E-state index contributed by atoms with van der Waals surface area (Å²) in [6, 6.07) is 3.92. The number of amides is 1. The standard InChI is InChI=1S/C23H38N2O3.ClH/c1-6-21(26)24-19-13-14-20(28-16-8-7-15-25(3)4)23(27-5)22(19)18-11-9-17(2)10-12-18;/h13-14,17-18H,6-12,15-16H2,1-5H3,(H,24,26);1H. The molecule has 5 nitrogen and oxygen atoms in total. The van der Waals surface area contributed by atoms with Gasteiger partial charge in [0.15, 0.2) is 11.5 Å². The van der Waals surface area contributed by atoms with Crippen LogP contribution in [-0.4, -0.2) is 45.2 Å². The molecule has 0 aliphatic heterocycles. The lowest BCUT2D eigenvalue weighted by atomic mass is 9.78. The molecule has 1 saturated carbocycles. The number of hydrogen-bond donors (Lipinski definition) is 1. The summed E-state index contributed by atoms with van der Waals surface area (Å²) in [6.07, 6.45) is 7.25. The summed E-state index contributed by atoms with van der Waals surface area (Å²) < 4.78 is 11.9. The Balaban J connectivity index is 0.00000420. The van der Waals surface area contributed by atoms with Gasteiger partial charge in [0.25, 0.3) is 0 Å². The van der Waals surface area contributed by atoms with Crippen LogP contribution in [0, 0.1) is 5.92 Å². The highest BCUT2D eigenvalue weighted by Gasteiger charge is 2.27. The SMILES string of the molecule is CCC(=O)Nc1ccc(OCCCCN(C)C)c(OC)c1C1CCC(C)CC1.Cl. The lowest BCUT2D eigenvalue weighted by molar-refractivity contribution is -0.115. The predicted octanol–water partition coefficient (Wildman–Crippen LogP) is 5.48. The molecule has 29 heavy (non-hydrogen) atoms. The molecule has 1 amide bonds. The minimum Gasteiger partial charge on any atom is -0.492 e. The number of ether oxygens (including phenoxy) is 2. The van der Waals surface area contributed by atoms with E-state index in [9.17, 15) is 4.79 Å². The highest BCUT2D eigenvalue weighted by atomic mass is 35.5. The lowest BCUT2D eigenvalue weighted by Gasteiger charge is -2.30. The van der Waals surface area contributed by atoms with Crippen molar-refractivity contribution >= 4 is 24.0 Å². The van der Waals surface area contributed by atoms with Crippen LogP contribution in [-0.2, 0) is 4.79 Å². The molecular formula is C23H39ClN2O3. The van der Waals surface area contributed by atoms with Crippen LogP contribution >= 0.6 is 12.4 Å². The fourth-order valence-corrected chi connectivity index (χ4v) is 3.92. The van der Waals surface area contributed by atoms with Gasteiger partial charge in [-0.25, -0.2) is 0 Å². The van der Waals surface area contributed by atoms with Gasteiger partial charge in [-0.2, -0.15) is 0 Å². The fourth-order valence-electron chi connectivity index (χ4n) is 3.92. The average Bonchev–Trinajstić information content (AvgIpc) is 2.68. The first-order valence-corrected chi connectivity index (χ1v) is 10.7. The zero-order valence-corrected chi connectivity index (χ0v) is 19.6. The van der Waals surface area contributed by atoms with Gasteiger partial charge in [0.05, 0.1) is 13.7 Å². The smallest absolute Gasteiger partial charge is 0.224 e. The Kier molecular flexibility index (Phi) is 11.4. The zero-order chi connectivity index (χ0) is 20.5. The number of nitrogens with one attached hydrogen (secondary N) is 1. The summed E-state index contributed by atoms with van der Waals surface area (Å²) in [7, 11) is 5.88. The van der Waals surface area contributed by atoms with Gasteiger partial charge < -0.3 is 19.7 Å². The summed E-state index contributed by atoms with van der Waals surface area (Å²) in [6.45, 7) is 5.93. The van der Waals surface area contributed by atoms with Crippen molar-refractivity contribution in [3.8, 4) is 11.5 Å². The van der Waals surface area contributed by atoms with Crippen LogP contribution in [0.3, 0.4) is 0 Å². The van der Waals surface area contributed by atoms with Gasteiger partial charge in [0.2, 0.25) is 5.91 Å². The number of halogens is 1. The number of anilines is 1. The Bertz CT molecular complexity index is 629. The van der Waals surface area contributed by atoms with Crippen molar-refractivity contribution in [2.75, 3.05) is 39.7 Å². The van der Waals surface area contributed by atoms with E-state index >= 15 is 0 Å². The van der Waals surface area contributed by atoms with Crippen LogP contribution in [0.2, 0.25) is 0 Å². The molecule has 1 aliphatic rings. The molecule has 0 bridgehead atoms. The van der Waals surface area contributed by atoms with Crippen molar-refractivity contribution in [1.29, 1.82) is 0 Å². The number of methoxy groups -OCH3 is 1. The Morgan fingerprint density at radius 1 is 1.17 bits per heavy atom.